The fourth-order valence-electron chi connectivity index (χ4n) is 3.40. The van der Waals surface area contributed by atoms with Crippen LogP contribution in [0.2, 0.25) is 0 Å². The van der Waals surface area contributed by atoms with E-state index >= 15 is 0 Å². The van der Waals surface area contributed by atoms with Crippen LogP contribution in [0.25, 0.3) is 0 Å². The molecule has 0 aromatic carbocycles. The van der Waals surface area contributed by atoms with Gasteiger partial charge in [-0.25, -0.2) is 4.79 Å². The number of fused-ring (bicyclic) bond motifs is 1. The first-order valence-corrected chi connectivity index (χ1v) is 9.34. The number of thioether (sulfide) groups is 1. The van der Waals surface area contributed by atoms with Gasteiger partial charge in [0.1, 0.15) is 0 Å². The quantitative estimate of drug-likeness (QED) is 0.482. The van der Waals surface area contributed by atoms with E-state index in [4.69, 9.17) is 4.74 Å². The first kappa shape index (κ1) is 15.9. The number of ether oxygens (including phenoxy) is 1. The zero-order valence-electron chi connectivity index (χ0n) is 12.8. The Bertz CT molecular complexity index is 415. The number of carbonyl (C=O) groups excluding carboxylic acids is 2. The minimum Gasteiger partial charge on any atom is -0.376 e. The van der Waals surface area contributed by atoms with Gasteiger partial charge in [-0.1, -0.05) is 6.42 Å². The summed E-state index contributed by atoms with van der Waals surface area (Å²) in [7, 11) is 0. The van der Waals surface area contributed by atoms with E-state index in [1.165, 1.54) is 0 Å². The Morgan fingerprint density at radius 3 is 3.09 bits per heavy atom. The van der Waals surface area contributed by atoms with E-state index in [9.17, 15) is 9.59 Å². The number of nitrogens with one attached hydrogen (secondary N) is 3. The van der Waals surface area contributed by atoms with E-state index in [0.29, 0.717) is 18.2 Å². The average Bonchev–Trinajstić information content (AvgIpc) is 3.19. The predicted octanol–water partition coefficient (Wildman–Crippen LogP) is 1.01. The van der Waals surface area contributed by atoms with Crippen molar-refractivity contribution in [2.45, 2.75) is 62.0 Å². The molecule has 0 aliphatic carbocycles. The largest absolute Gasteiger partial charge is 0.376 e. The molecule has 0 aromatic heterocycles. The number of unbranched alkanes of at least 4 members (excludes halogenated alkanes) is 1. The minimum atomic E-state index is -0.0335. The Labute approximate surface area is 135 Å². The van der Waals surface area contributed by atoms with E-state index in [0.717, 1.165) is 44.5 Å². The SMILES string of the molecule is O=C(CCCC[C@@H]1SC[C@@H]2NC(=O)N[C@H]21)NC[C@@H]1CCCO1. The predicted molar refractivity (Wildman–Crippen MR) is 85.9 cm³/mol. The number of carbonyl (C=O) groups is 2. The Balaban J connectivity index is 1.26. The van der Waals surface area contributed by atoms with E-state index in [-0.39, 0.29) is 30.1 Å². The van der Waals surface area contributed by atoms with E-state index in [2.05, 4.69) is 16.0 Å². The number of urea groups is 1. The maximum atomic E-state index is 11.8. The molecule has 3 heterocycles. The normalized spacial score (nSPS) is 33.4. The van der Waals surface area contributed by atoms with Crippen molar-refractivity contribution in [2.24, 2.45) is 0 Å². The van der Waals surface area contributed by atoms with Gasteiger partial charge < -0.3 is 20.7 Å². The molecule has 7 heteroatoms. The second kappa shape index (κ2) is 7.55. The van der Waals surface area contributed by atoms with Crippen LogP contribution in [0.5, 0.6) is 0 Å². The highest BCUT2D eigenvalue weighted by atomic mass is 32.2. The van der Waals surface area contributed by atoms with Crippen LogP contribution < -0.4 is 16.0 Å². The molecule has 6 nitrogen and oxygen atoms in total. The molecule has 3 aliphatic heterocycles. The number of amides is 3. The van der Waals surface area contributed by atoms with Crippen LogP contribution in [0.4, 0.5) is 4.79 Å². The van der Waals surface area contributed by atoms with E-state index in [1.807, 2.05) is 11.8 Å². The van der Waals surface area contributed by atoms with Crippen molar-refractivity contribution in [3.63, 3.8) is 0 Å². The van der Waals surface area contributed by atoms with Crippen molar-refractivity contribution in [1.82, 2.24) is 16.0 Å². The summed E-state index contributed by atoms with van der Waals surface area (Å²) in [4.78, 5) is 23.1. The Kier molecular flexibility index (Phi) is 5.46. The number of hydrogen-bond donors (Lipinski definition) is 3. The van der Waals surface area contributed by atoms with Crippen LogP contribution in [0.3, 0.4) is 0 Å². The maximum absolute atomic E-state index is 11.8. The second-order valence-electron chi connectivity index (χ2n) is 6.31. The summed E-state index contributed by atoms with van der Waals surface area (Å²) in [6.45, 7) is 1.48. The summed E-state index contributed by atoms with van der Waals surface area (Å²) >= 11 is 1.93. The number of hydrogen-bond acceptors (Lipinski definition) is 4. The smallest absolute Gasteiger partial charge is 0.315 e. The fourth-order valence-corrected chi connectivity index (χ4v) is 4.94. The van der Waals surface area contributed by atoms with E-state index in [1.54, 1.807) is 0 Å². The topological polar surface area (TPSA) is 79.5 Å². The van der Waals surface area contributed by atoms with Gasteiger partial charge in [0.2, 0.25) is 5.91 Å². The van der Waals surface area contributed by atoms with Crippen molar-refractivity contribution in [3.8, 4) is 0 Å². The molecule has 0 bridgehead atoms. The van der Waals surface area contributed by atoms with Gasteiger partial charge in [0.05, 0.1) is 18.2 Å². The van der Waals surface area contributed by atoms with Gasteiger partial charge in [0.25, 0.3) is 0 Å². The lowest BCUT2D eigenvalue weighted by Crippen LogP contribution is -2.36. The molecule has 22 heavy (non-hydrogen) atoms. The first-order valence-electron chi connectivity index (χ1n) is 8.29. The maximum Gasteiger partial charge on any atom is 0.315 e. The summed E-state index contributed by atoms with van der Waals surface area (Å²) in [6, 6.07) is 0.525. The van der Waals surface area contributed by atoms with Crippen LogP contribution in [-0.4, -0.2) is 54.3 Å². The molecule has 124 valence electrons. The van der Waals surface area contributed by atoms with Crippen molar-refractivity contribution in [2.75, 3.05) is 18.9 Å². The van der Waals surface area contributed by atoms with Gasteiger partial charge in [-0.2, -0.15) is 11.8 Å². The van der Waals surface area contributed by atoms with Crippen molar-refractivity contribution >= 4 is 23.7 Å². The van der Waals surface area contributed by atoms with Gasteiger partial charge in [-0.15, -0.1) is 0 Å². The summed E-state index contributed by atoms with van der Waals surface area (Å²) in [5.41, 5.74) is 0. The third-order valence-electron chi connectivity index (χ3n) is 4.63. The van der Waals surface area contributed by atoms with Gasteiger partial charge in [-0.3, -0.25) is 4.79 Å². The van der Waals surface area contributed by atoms with Gasteiger partial charge >= 0.3 is 6.03 Å². The van der Waals surface area contributed by atoms with E-state index < -0.39 is 0 Å². The van der Waals surface area contributed by atoms with Crippen molar-refractivity contribution < 1.29 is 14.3 Å². The minimum absolute atomic E-state index is 0.0335. The van der Waals surface area contributed by atoms with Crippen LogP contribution in [0, 0.1) is 0 Å². The summed E-state index contributed by atoms with van der Waals surface area (Å²) in [5.74, 6) is 1.12. The Morgan fingerprint density at radius 2 is 2.27 bits per heavy atom. The zero-order valence-corrected chi connectivity index (χ0v) is 13.6. The molecule has 3 aliphatic rings. The van der Waals surface area contributed by atoms with Crippen LogP contribution >= 0.6 is 11.8 Å². The molecule has 0 aromatic rings. The number of rotatable bonds is 7. The highest BCUT2D eigenvalue weighted by Gasteiger charge is 2.42. The highest BCUT2D eigenvalue weighted by Crippen LogP contribution is 2.33. The van der Waals surface area contributed by atoms with Crippen LogP contribution in [-0.2, 0) is 9.53 Å². The average molecular weight is 327 g/mol. The molecule has 3 N–H and O–H groups in total. The highest BCUT2D eigenvalue weighted by molar-refractivity contribution is 8.00. The summed E-state index contributed by atoms with van der Waals surface area (Å²) < 4.78 is 5.49. The fraction of sp³-hybridized carbons (Fsp3) is 0.867. The van der Waals surface area contributed by atoms with Gasteiger partial charge in [-0.05, 0) is 25.7 Å². The standard InChI is InChI=1S/C15H25N3O3S/c19-13(16-8-10-4-3-7-21-10)6-2-1-5-12-14-11(9-22-12)17-15(20)18-14/h10-12,14H,1-9H2,(H,16,19)(H2,17,18,20)/t10-,11-,12-,14+/m0/s1. The molecule has 3 saturated heterocycles. The molecule has 0 spiro atoms. The molecule has 0 radical (unpaired) electrons. The lowest BCUT2D eigenvalue weighted by molar-refractivity contribution is -0.121. The Morgan fingerprint density at radius 1 is 1.36 bits per heavy atom. The van der Waals surface area contributed by atoms with Gasteiger partial charge in [0.15, 0.2) is 0 Å². The lowest BCUT2D eigenvalue weighted by Gasteiger charge is -2.16. The molecule has 0 unspecified atom stereocenters. The third kappa shape index (κ3) is 4.07. The molecule has 0 saturated carbocycles. The van der Waals surface area contributed by atoms with Crippen molar-refractivity contribution in [1.29, 1.82) is 0 Å². The second-order valence-corrected chi connectivity index (χ2v) is 7.58. The van der Waals surface area contributed by atoms with Gasteiger partial charge in [0, 0.05) is 30.6 Å². The lowest BCUT2D eigenvalue weighted by atomic mass is 10.0. The molecule has 3 rings (SSSR count). The zero-order chi connectivity index (χ0) is 15.4. The molecular weight excluding hydrogens is 302 g/mol. The Hall–Kier alpha value is -0.950. The molecule has 3 fully saturated rings. The van der Waals surface area contributed by atoms with Crippen LogP contribution in [0.15, 0.2) is 0 Å². The monoisotopic (exact) mass is 327 g/mol. The van der Waals surface area contributed by atoms with Crippen LogP contribution in [0.1, 0.15) is 38.5 Å². The molecule has 4 atom stereocenters. The summed E-state index contributed by atoms with van der Waals surface area (Å²) in [5, 5.41) is 9.40. The van der Waals surface area contributed by atoms with Crippen molar-refractivity contribution in [3.05, 3.63) is 0 Å². The molecular formula is C15H25N3O3S. The third-order valence-corrected chi connectivity index (χ3v) is 6.14. The molecule has 3 amide bonds. The summed E-state index contributed by atoms with van der Waals surface area (Å²) in [6.07, 6.45) is 5.97. The first-order chi connectivity index (χ1) is 10.7.